The lowest BCUT2D eigenvalue weighted by Crippen LogP contribution is -2.36. The van der Waals surface area contributed by atoms with Crippen LogP contribution in [0.3, 0.4) is 0 Å². The molecule has 2 heterocycles. The van der Waals surface area contributed by atoms with Crippen LogP contribution in [-0.2, 0) is 14.3 Å². The third kappa shape index (κ3) is 5.03. The van der Waals surface area contributed by atoms with Gasteiger partial charge in [0.05, 0.1) is 18.1 Å². The summed E-state index contributed by atoms with van der Waals surface area (Å²) in [5.74, 6) is -0.856. The summed E-state index contributed by atoms with van der Waals surface area (Å²) in [4.78, 5) is 41.2. The van der Waals surface area contributed by atoms with E-state index in [4.69, 9.17) is 4.74 Å². The second kappa shape index (κ2) is 9.58. The summed E-state index contributed by atoms with van der Waals surface area (Å²) in [6, 6.07) is 13.6. The average molecular weight is 452 g/mol. The van der Waals surface area contributed by atoms with Crippen molar-refractivity contribution in [2.24, 2.45) is 0 Å². The van der Waals surface area contributed by atoms with Gasteiger partial charge in [0.15, 0.2) is 0 Å². The average Bonchev–Trinajstić information content (AvgIpc) is 3.04. The van der Waals surface area contributed by atoms with Gasteiger partial charge in [-0.05, 0) is 66.6 Å². The van der Waals surface area contributed by atoms with Crippen LogP contribution < -0.4 is 10.2 Å². The highest BCUT2D eigenvalue weighted by atomic mass is 32.2. The summed E-state index contributed by atoms with van der Waals surface area (Å²) < 4.78 is 5.38. The second-order valence-electron chi connectivity index (χ2n) is 7.83. The van der Waals surface area contributed by atoms with Gasteiger partial charge in [-0.1, -0.05) is 24.3 Å². The number of thioether (sulfide) groups is 1. The van der Waals surface area contributed by atoms with E-state index < -0.39 is 17.1 Å². The van der Waals surface area contributed by atoms with E-state index in [9.17, 15) is 14.4 Å². The molecular weight excluding hydrogens is 426 g/mol. The molecule has 2 aliphatic rings. The van der Waals surface area contributed by atoms with Crippen molar-refractivity contribution in [3.63, 3.8) is 0 Å². The Morgan fingerprint density at radius 1 is 1.09 bits per heavy atom. The molecule has 0 atom stereocenters. The summed E-state index contributed by atoms with van der Waals surface area (Å²) >= 11 is 0.854. The van der Waals surface area contributed by atoms with Gasteiger partial charge in [-0.2, -0.15) is 0 Å². The van der Waals surface area contributed by atoms with Gasteiger partial charge in [-0.3, -0.25) is 19.3 Å². The molecule has 2 fully saturated rings. The first-order valence-corrected chi connectivity index (χ1v) is 11.3. The first-order chi connectivity index (χ1) is 15.4. The van der Waals surface area contributed by atoms with E-state index in [0.717, 1.165) is 52.1 Å². The van der Waals surface area contributed by atoms with Crippen LogP contribution in [0.2, 0.25) is 0 Å². The molecule has 3 amide bonds. The van der Waals surface area contributed by atoms with Crippen LogP contribution >= 0.6 is 11.8 Å². The van der Waals surface area contributed by atoms with Gasteiger partial charge in [-0.25, -0.2) is 0 Å². The van der Waals surface area contributed by atoms with Gasteiger partial charge in [0.2, 0.25) is 5.91 Å². The topological polar surface area (TPSA) is 79.0 Å². The quantitative estimate of drug-likeness (QED) is 0.697. The van der Waals surface area contributed by atoms with E-state index in [0.29, 0.717) is 23.8 Å². The van der Waals surface area contributed by atoms with E-state index in [1.807, 2.05) is 56.3 Å². The standard InChI is InChI=1S/C24H25N3O4S/c1-16-3-4-17(2)20(13-16)25-22(28)15-27-23(29)21(32-24(27)30)14-18-5-7-19(8-6-18)26-9-11-31-12-10-26/h3-8,13-14H,9-12,15H2,1-2H3,(H,25,28)/b21-14+. The normalized spacial score (nSPS) is 17.9. The van der Waals surface area contributed by atoms with Crippen molar-refractivity contribution in [3.05, 3.63) is 64.1 Å². The molecule has 166 valence electrons. The van der Waals surface area contributed by atoms with Crippen molar-refractivity contribution in [2.75, 3.05) is 43.1 Å². The van der Waals surface area contributed by atoms with E-state index in [-0.39, 0.29) is 6.54 Å². The third-order valence-corrected chi connectivity index (χ3v) is 6.32. The monoisotopic (exact) mass is 451 g/mol. The fourth-order valence-corrected chi connectivity index (χ4v) is 4.43. The fourth-order valence-electron chi connectivity index (χ4n) is 3.59. The number of anilines is 2. The molecule has 2 saturated heterocycles. The molecular formula is C24H25N3O4S. The Bertz CT molecular complexity index is 1080. The lowest BCUT2D eigenvalue weighted by atomic mass is 10.1. The van der Waals surface area contributed by atoms with Gasteiger partial charge in [0.25, 0.3) is 11.1 Å². The van der Waals surface area contributed by atoms with Gasteiger partial charge >= 0.3 is 0 Å². The fraction of sp³-hybridized carbons (Fsp3) is 0.292. The summed E-state index contributed by atoms with van der Waals surface area (Å²) in [5, 5.41) is 2.35. The molecule has 0 unspecified atom stereocenters. The van der Waals surface area contributed by atoms with Crippen molar-refractivity contribution >= 4 is 46.3 Å². The second-order valence-corrected chi connectivity index (χ2v) is 8.82. The van der Waals surface area contributed by atoms with Gasteiger partial charge < -0.3 is 15.0 Å². The van der Waals surface area contributed by atoms with Crippen LogP contribution in [0.5, 0.6) is 0 Å². The lowest BCUT2D eigenvalue weighted by Gasteiger charge is -2.28. The zero-order valence-electron chi connectivity index (χ0n) is 18.1. The largest absolute Gasteiger partial charge is 0.378 e. The maximum Gasteiger partial charge on any atom is 0.294 e. The number of ether oxygens (including phenoxy) is 1. The molecule has 1 N–H and O–H groups in total. The highest BCUT2D eigenvalue weighted by Gasteiger charge is 2.36. The number of nitrogens with one attached hydrogen (secondary N) is 1. The number of carbonyl (C=O) groups is 3. The molecule has 0 saturated carbocycles. The Labute approximate surface area is 191 Å². The maximum absolute atomic E-state index is 12.8. The number of rotatable bonds is 5. The van der Waals surface area contributed by atoms with Crippen molar-refractivity contribution in [1.29, 1.82) is 0 Å². The summed E-state index contributed by atoms with van der Waals surface area (Å²) in [7, 11) is 0. The number of benzene rings is 2. The number of amides is 3. The molecule has 0 spiro atoms. The Morgan fingerprint density at radius 2 is 1.81 bits per heavy atom. The molecule has 4 rings (SSSR count). The summed E-state index contributed by atoms with van der Waals surface area (Å²) in [6.07, 6.45) is 1.69. The number of nitrogens with zero attached hydrogens (tertiary/aromatic N) is 2. The molecule has 0 bridgehead atoms. The van der Waals surface area contributed by atoms with Crippen molar-refractivity contribution in [2.45, 2.75) is 13.8 Å². The van der Waals surface area contributed by atoms with Crippen LogP contribution in [0.1, 0.15) is 16.7 Å². The Morgan fingerprint density at radius 3 is 2.53 bits per heavy atom. The SMILES string of the molecule is Cc1ccc(C)c(NC(=O)CN2C(=O)S/C(=C/c3ccc(N4CCOCC4)cc3)C2=O)c1. The molecule has 0 aliphatic carbocycles. The minimum absolute atomic E-state index is 0.314. The Hall–Kier alpha value is -3.10. The molecule has 2 aromatic carbocycles. The zero-order chi connectivity index (χ0) is 22.7. The van der Waals surface area contributed by atoms with E-state index in [1.165, 1.54) is 0 Å². The molecule has 0 radical (unpaired) electrons. The molecule has 2 aliphatic heterocycles. The molecule has 7 nitrogen and oxygen atoms in total. The number of carbonyl (C=O) groups excluding carboxylic acids is 3. The first-order valence-electron chi connectivity index (χ1n) is 10.5. The molecule has 8 heteroatoms. The van der Waals surface area contributed by atoms with Crippen molar-refractivity contribution in [1.82, 2.24) is 4.90 Å². The van der Waals surface area contributed by atoms with E-state index >= 15 is 0 Å². The zero-order valence-corrected chi connectivity index (χ0v) is 18.9. The maximum atomic E-state index is 12.8. The number of morpholine rings is 1. The predicted molar refractivity (Wildman–Crippen MR) is 127 cm³/mol. The number of aryl methyl sites for hydroxylation is 2. The van der Waals surface area contributed by atoms with Crippen LogP contribution in [0.25, 0.3) is 6.08 Å². The van der Waals surface area contributed by atoms with Crippen molar-refractivity contribution in [3.8, 4) is 0 Å². The van der Waals surface area contributed by atoms with Crippen LogP contribution in [0.15, 0.2) is 47.4 Å². The van der Waals surface area contributed by atoms with Gasteiger partial charge in [0, 0.05) is 24.5 Å². The lowest BCUT2D eigenvalue weighted by molar-refractivity contribution is -0.127. The molecule has 0 aromatic heterocycles. The first kappa shape index (κ1) is 22.1. The third-order valence-electron chi connectivity index (χ3n) is 5.41. The minimum atomic E-state index is -0.451. The minimum Gasteiger partial charge on any atom is -0.378 e. The van der Waals surface area contributed by atoms with Crippen LogP contribution in [-0.4, -0.2) is 54.8 Å². The van der Waals surface area contributed by atoms with Crippen molar-refractivity contribution < 1.29 is 19.1 Å². The summed E-state index contributed by atoms with van der Waals surface area (Å²) in [6.45, 7) is 6.64. The van der Waals surface area contributed by atoms with Gasteiger partial charge in [0.1, 0.15) is 6.54 Å². The predicted octanol–water partition coefficient (Wildman–Crippen LogP) is 3.82. The van der Waals surface area contributed by atoms with E-state index in [1.54, 1.807) is 6.08 Å². The molecule has 32 heavy (non-hydrogen) atoms. The highest BCUT2D eigenvalue weighted by Crippen LogP contribution is 2.32. The summed E-state index contributed by atoms with van der Waals surface area (Å²) in [5.41, 5.74) is 4.53. The highest BCUT2D eigenvalue weighted by molar-refractivity contribution is 8.18. The molecule has 2 aromatic rings. The number of imide groups is 1. The van der Waals surface area contributed by atoms with Crippen LogP contribution in [0.4, 0.5) is 16.2 Å². The smallest absolute Gasteiger partial charge is 0.294 e. The van der Waals surface area contributed by atoms with E-state index in [2.05, 4.69) is 10.2 Å². The number of hydrogen-bond acceptors (Lipinski definition) is 6. The van der Waals surface area contributed by atoms with Gasteiger partial charge in [-0.15, -0.1) is 0 Å². The Balaban J connectivity index is 1.41. The number of hydrogen-bond donors (Lipinski definition) is 1. The Kier molecular flexibility index (Phi) is 6.62. The van der Waals surface area contributed by atoms with Crippen LogP contribution in [0, 0.1) is 13.8 Å².